The first kappa shape index (κ1) is 15.0. The Bertz CT molecular complexity index is 626. The van der Waals surface area contributed by atoms with Crippen molar-refractivity contribution in [3.63, 3.8) is 0 Å². The summed E-state index contributed by atoms with van der Waals surface area (Å²) >= 11 is 0. The molecule has 0 amide bonds. The number of benzene rings is 1. The predicted octanol–water partition coefficient (Wildman–Crippen LogP) is 3.46. The molecule has 0 bridgehead atoms. The number of nitrogen functional groups attached to an aromatic ring is 1. The molecule has 2 N–H and O–H groups in total. The number of halogens is 3. The summed E-state index contributed by atoms with van der Waals surface area (Å²) in [5.74, 6) is 0.658. The van der Waals surface area contributed by atoms with Gasteiger partial charge in [0.25, 0.3) is 0 Å². The highest BCUT2D eigenvalue weighted by molar-refractivity contribution is 5.74. The molecule has 0 aliphatic rings. The number of hydrogen-bond donors (Lipinski definition) is 1. The van der Waals surface area contributed by atoms with E-state index in [2.05, 4.69) is 4.98 Å². The van der Waals surface area contributed by atoms with E-state index >= 15 is 0 Å². The first-order chi connectivity index (χ1) is 9.82. The minimum Gasteiger partial charge on any atom is -0.497 e. The third-order valence-corrected chi connectivity index (χ3v) is 3.02. The van der Waals surface area contributed by atoms with Crippen molar-refractivity contribution in [1.29, 1.82) is 0 Å². The molecule has 0 unspecified atom stereocenters. The molecule has 0 aliphatic heterocycles. The average molecular weight is 297 g/mol. The highest BCUT2D eigenvalue weighted by Crippen LogP contribution is 2.35. The number of pyridine rings is 1. The molecule has 0 saturated heterocycles. The van der Waals surface area contributed by atoms with Gasteiger partial charge in [0, 0.05) is 12.7 Å². The Morgan fingerprint density at radius 1 is 1.19 bits per heavy atom. The zero-order chi connectivity index (χ0) is 15.6. The molecule has 21 heavy (non-hydrogen) atoms. The second kappa shape index (κ2) is 5.51. The second-order valence-corrected chi connectivity index (χ2v) is 4.38. The van der Waals surface area contributed by atoms with E-state index in [1.807, 2.05) is 0 Å². The standard InChI is InChI=1S/C14H14F3N3O/c1-20(9-3-5-10(21-2)6-4-9)12-7-13(14(15,16)17)19-8-11(12)18/h3-8H,18H2,1-2H3. The van der Waals surface area contributed by atoms with Gasteiger partial charge in [-0.3, -0.25) is 0 Å². The summed E-state index contributed by atoms with van der Waals surface area (Å²) in [4.78, 5) is 4.88. The van der Waals surface area contributed by atoms with Crippen LogP contribution in [0, 0.1) is 0 Å². The van der Waals surface area contributed by atoms with Gasteiger partial charge in [-0.15, -0.1) is 0 Å². The predicted molar refractivity (Wildman–Crippen MR) is 74.7 cm³/mol. The molecule has 112 valence electrons. The molecular formula is C14H14F3N3O. The summed E-state index contributed by atoms with van der Waals surface area (Å²) in [7, 11) is 3.17. The molecule has 4 nitrogen and oxygen atoms in total. The number of nitrogens with zero attached hydrogens (tertiary/aromatic N) is 2. The minimum absolute atomic E-state index is 0.168. The van der Waals surface area contributed by atoms with Crippen molar-refractivity contribution in [2.24, 2.45) is 0 Å². The summed E-state index contributed by atoms with van der Waals surface area (Å²) < 4.78 is 43.2. The maximum absolute atomic E-state index is 12.7. The summed E-state index contributed by atoms with van der Waals surface area (Å²) in [5.41, 5.74) is 5.84. The minimum atomic E-state index is -4.51. The van der Waals surface area contributed by atoms with Crippen LogP contribution in [0.15, 0.2) is 36.5 Å². The number of nitrogens with two attached hydrogens (primary N) is 1. The van der Waals surface area contributed by atoms with Crippen molar-refractivity contribution in [2.75, 3.05) is 24.8 Å². The van der Waals surface area contributed by atoms with Crippen LogP contribution in [-0.4, -0.2) is 19.1 Å². The Kier molecular flexibility index (Phi) is 3.93. The normalized spacial score (nSPS) is 11.3. The van der Waals surface area contributed by atoms with Gasteiger partial charge in [0.05, 0.1) is 24.7 Å². The van der Waals surface area contributed by atoms with Crippen LogP contribution in [0.3, 0.4) is 0 Å². The SMILES string of the molecule is COc1ccc(N(C)c2cc(C(F)(F)F)ncc2N)cc1. The highest BCUT2D eigenvalue weighted by Gasteiger charge is 2.33. The highest BCUT2D eigenvalue weighted by atomic mass is 19.4. The van der Waals surface area contributed by atoms with E-state index in [4.69, 9.17) is 10.5 Å². The molecule has 1 aromatic carbocycles. The first-order valence-corrected chi connectivity index (χ1v) is 6.03. The number of methoxy groups -OCH3 is 1. The fourth-order valence-electron chi connectivity index (χ4n) is 1.85. The first-order valence-electron chi connectivity index (χ1n) is 6.03. The molecule has 0 saturated carbocycles. The van der Waals surface area contributed by atoms with Crippen molar-refractivity contribution in [3.05, 3.63) is 42.2 Å². The summed E-state index contributed by atoms with van der Waals surface area (Å²) in [6.45, 7) is 0. The number of rotatable bonds is 3. The fourth-order valence-corrected chi connectivity index (χ4v) is 1.85. The molecule has 0 aliphatic carbocycles. The monoisotopic (exact) mass is 297 g/mol. The van der Waals surface area contributed by atoms with Crippen LogP contribution in [0.5, 0.6) is 5.75 Å². The van der Waals surface area contributed by atoms with Gasteiger partial charge in [0.2, 0.25) is 0 Å². The fraction of sp³-hybridized carbons (Fsp3) is 0.214. The Hall–Kier alpha value is -2.44. The van der Waals surface area contributed by atoms with Gasteiger partial charge in [-0.05, 0) is 30.3 Å². The van der Waals surface area contributed by atoms with Gasteiger partial charge in [0.15, 0.2) is 0 Å². The van der Waals surface area contributed by atoms with Crippen LogP contribution in [-0.2, 0) is 6.18 Å². The number of anilines is 3. The van der Waals surface area contributed by atoms with E-state index < -0.39 is 11.9 Å². The smallest absolute Gasteiger partial charge is 0.433 e. The maximum Gasteiger partial charge on any atom is 0.433 e. The van der Waals surface area contributed by atoms with E-state index in [0.717, 1.165) is 12.3 Å². The maximum atomic E-state index is 12.7. The molecule has 1 heterocycles. The molecule has 0 fully saturated rings. The molecule has 0 spiro atoms. The van der Waals surface area contributed by atoms with E-state index in [0.29, 0.717) is 11.4 Å². The van der Waals surface area contributed by atoms with Crippen LogP contribution >= 0.6 is 0 Å². The Balaban J connectivity index is 2.39. The summed E-state index contributed by atoms with van der Waals surface area (Å²) in [6, 6.07) is 7.82. The molecule has 0 radical (unpaired) electrons. The van der Waals surface area contributed by atoms with Crippen LogP contribution in [0.25, 0.3) is 0 Å². The van der Waals surface area contributed by atoms with Crippen LogP contribution in [0.4, 0.5) is 30.2 Å². The lowest BCUT2D eigenvalue weighted by Crippen LogP contribution is -2.15. The number of aromatic nitrogens is 1. The van der Waals surface area contributed by atoms with Gasteiger partial charge in [-0.2, -0.15) is 13.2 Å². The second-order valence-electron chi connectivity index (χ2n) is 4.38. The van der Waals surface area contributed by atoms with E-state index in [-0.39, 0.29) is 11.4 Å². The molecule has 2 aromatic rings. The number of alkyl halides is 3. The summed E-state index contributed by atoms with van der Waals surface area (Å²) in [6.07, 6.45) is -3.50. The third-order valence-electron chi connectivity index (χ3n) is 3.02. The third kappa shape index (κ3) is 3.18. The Morgan fingerprint density at radius 3 is 2.33 bits per heavy atom. The van der Waals surface area contributed by atoms with Crippen molar-refractivity contribution < 1.29 is 17.9 Å². The molecule has 0 atom stereocenters. The molecule has 2 rings (SSSR count). The van der Waals surface area contributed by atoms with Crippen LogP contribution in [0.1, 0.15) is 5.69 Å². The van der Waals surface area contributed by atoms with Gasteiger partial charge in [-0.25, -0.2) is 4.98 Å². The van der Waals surface area contributed by atoms with E-state index in [1.54, 1.807) is 36.2 Å². The van der Waals surface area contributed by atoms with Crippen LogP contribution < -0.4 is 15.4 Å². The molecular weight excluding hydrogens is 283 g/mol. The number of hydrogen-bond acceptors (Lipinski definition) is 4. The lowest BCUT2D eigenvalue weighted by atomic mass is 10.2. The van der Waals surface area contributed by atoms with Crippen molar-refractivity contribution in [1.82, 2.24) is 4.98 Å². The Morgan fingerprint density at radius 2 is 1.81 bits per heavy atom. The van der Waals surface area contributed by atoms with Gasteiger partial charge in [-0.1, -0.05) is 0 Å². The van der Waals surface area contributed by atoms with E-state index in [9.17, 15) is 13.2 Å². The van der Waals surface area contributed by atoms with Crippen molar-refractivity contribution >= 4 is 17.1 Å². The van der Waals surface area contributed by atoms with Gasteiger partial charge >= 0.3 is 6.18 Å². The van der Waals surface area contributed by atoms with E-state index in [1.165, 1.54) is 7.11 Å². The average Bonchev–Trinajstić information content (AvgIpc) is 2.46. The van der Waals surface area contributed by atoms with Gasteiger partial charge in [0.1, 0.15) is 11.4 Å². The topological polar surface area (TPSA) is 51.4 Å². The zero-order valence-electron chi connectivity index (χ0n) is 11.5. The quantitative estimate of drug-likeness (QED) is 0.942. The Labute approximate surface area is 120 Å². The van der Waals surface area contributed by atoms with Crippen molar-refractivity contribution in [2.45, 2.75) is 6.18 Å². The lowest BCUT2D eigenvalue weighted by Gasteiger charge is -2.22. The zero-order valence-corrected chi connectivity index (χ0v) is 11.5. The number of ether oxygens (including phenoxy) is 1. The van der Waals surface area contributed by atoms with Crippen LogP contribution in [0.2, 0.25) is 0 Å². The lowest BCUT2D eigenvalue weighted by molar-refractivity contribution is -0.141. The molecule has 1 aromatic heterocycles. The largest absolute Gasteiger partial charge is 0.497 e. The summed E-state index contributed by atoms with van der Waals surface area (Å²) in [5, 5.41) is 0. The van der Waals surface area contributed by atoms with Crippen molar-refractivity contribution in [3.8, 4) is 5.75 Å². The van der Waals surface area contributed by atoms with Gasteiger partial charge < -0.3 is 15.4 Å². The molecule has 7 heteroatoms.